The topological polar surface area (TPSA) is 17.2 Å². The fourth-order valence-electron chi connectivity index (χ4n) is 5.58. The average Bonchev–Trinajstić information content (AvgIpc) is 3.21. The molecule has 2 aromatic rings. The molecular weight excluding hydrogens is 532 g/mol. The van der Waals surface area contributed by atoms with Gasteiger partial charge in [0, 0.05) is 20.4 Å². The van der Waals surface area contributed by atoms with Crippen LogP contribution < -0.4 is 0 Å². The Labute approximate surface area is 208 Å². The Balaban J connectivity index is 2.15. The van der Waals surface area contributed by atoms with Crippen molar-refractivity contribution < 1.29 is 17.9 Å². The summed E-state index contributed by atoms with van der Waals surface area (Å²) in [5.74, 6) is 0. The van der Waals surface area contributed by atoms with Gasteiger partial charge in [-0.15, -0.1) is 6.58 Å². The second-order valence-corrected chi connectivity index (χ2v) is 9.90. The van der Waals surface area contributed by atoms with E-state index in [4.69, 9.17) is 4.74 Å². The third kappa shape index (κ3) is 3.59. The molecule has 0 saturated heterocycles. The SMILES string of the molecule is C=CCOCC1=[N+]2C(=C(c3ccc(I)cc3)c3c(C)c(CC)c(C)n3[B-]2(F)F)C(C)=C1CC. The van der Waals surface area contributed by atoms with Gasteiger partial charge in [-0.2, -0.15) is 0 Å². The van der Waals surface area contributed by atoms with Crippen LogP contribution in [0.1, 0.15) is 55.3 Å². The van der Waals surface area contributed by atoms with Crippen LogP contribution in [-0.2, 0) is 11.2 Å². The minimum absolute atomic E-state index is 0.128. The van der Waals surface area contributed by atoms with E-state index in [9.17, 15) is 0 Å². The fraction of sp³-hybridized carbons (Fsp3) is 0.346. The zero-order valence-corrected chi connectivity index (χ0v) is 22.1. The highest BCUT2D eigenvalue weighted by molar-refractivity contribution is 14.1. The third-order valence-corrected chi connectivity index (χ3v) is 7.66. The van der Waals surface area contributed by atoms with Gasteiger partial charge in [-0.1, -0.05) is 32.1 Å². The zero-order chi connectivity index (χ0) is 24.1. The number of nitrogens with zero attached hydrogens (tertiary/aromatic N) is 2. The maximum atomic E-state index is 16.5. The summed E-state index contributed by atoms with van der Waals surface area (Å²) in [6.45, 7) is 9.90. The minimum atomic E-state index is -4.09. The van der Waals surface area contributed by atoms with Gasteiger partial charge in [0.15, 0.2) is 11.4 Å². The Morgan fingerprint density at radius 1 is 1.12 bits per heavy atom. The van der Waals surface area contributed by atoms with E-state index in [1.165, 1.54) is 8.96 Å². The van der Waals surface area contributed by atoms with Crippen molar-refractivity contribution in [3.05, 3.63) is 85.4 Å². The van der Waals surface area contributed by atoms with Crippen molar-refractivity contribution in [2.24, 2.45) is 0 Å². The average molecular weight is 562 g/mol. The maximum Gasteiger partial charge on any atom is 0.737 e. The van der Waals surface area contributed by atoms with E-state index >= 15 is 8.63 Å². The van der Waals surface area contributed by atoms with Crippen molar-refractivity contribution in [1.29, 1.82) is 0 Å². The molecule has 1 aromatic carbocycles. The first-order valence-electron chi connectivity index (χ1n) is 11.5. The number of ether oxygens (including phenoxy) is 1. The highest BCUT2D eigenvalue weighted by atomic mass is 127. The van der Waals surface area contributed by atoms with Crippen molar-refractivity contribution in [2.75, 3.05) is 13.2 Å². The number of fused-ring (bicyclic) bond motifs is 2. The molecule has 174 valence electrons. The molecule has 0 fully saturated rings. The summed E-state index contributed by atoms with van der Waals surface area (Å²) in [5.41, 5.74) is 8.09. The number of halogens is 3. The highest BCUT2D eigenvalue weighted by Crippen LogP contribution is 2.47. The molecule has 0 bridgehead atoms. The van der Waals surface area contributed by atoms with Crippen molar-refractivity contribution in [2.45, 2.75) is 47.5 Å². The van der Waals surface area contributed by atoms with Gasteiger partial charge in [-0.3, -0.25) is 0 Å². The summed E-state index contributed by atoms with van der Waals surface area (Å²) < 4.78 is 42.5. The number of benzene rings is 1. The summed E-state index contributed by atoms with van der Waals surface area (Å²) in [6, 6.07) is 8.16. The van der Waals surface area contributed by atoms with Crippen LogP contribution in [0.25, 0.3) is 5.57 Å². The highest BCUT2D eigenvalue weighted by Gasteiger charge is 2.57. The fourth-order valence-corrected chi connectivity index (χ4v) is 5.94. The molecule has 0 saturated carbocycles. The van der Waals surface area contributed by atoms with Gasteiger partial charge in [-0.25, -0.2) is 0 Å². The van der Waals surface area contributed by atoms with E-state index in [1.807, 2.05) is 58.9 Å². The monoisotopic (exact) mass is 562 g/mol. The lowest BCUT2D eigenvalue weighted by Crippen LogP contribution is -2.52. The summed E-state index contributed by atoms with van der Waals surface area (Å²) in [4.78, 5) is 0. The molecule has 33 heavy (non-hydrogen) atoms. The van der Waals surface area contributed by atoms with Gasteiger partial charge >= 0.3 is 6.97 Å². The largest absolute Gasteiger partial charge is 0.737 e. The van der Waals surface area contributed by atoms with E-state index in [0.29, 0.717) is 42.2 Å². The second-order valence-electron chi connectivity index (χ2n) is 8.66. The van der Waals surface area contributed by atoms with Crippen molar-refractivity contribution in [3.8, 4) is 0 Å². The first-order chi connectivity index (χ1) is 15.7. The smallest absolute Gasteiger partial charge is 0.393 e. The summed E-state index contributed by atoms with van der Waals surface area (Å²) in [7, 11) is 0. The molecule has 4 rings (SSSR count). The van der Waals surface area contributed by atoms with E-state index in [1.54, 1.807) is 6.08 Å². The summed E-state index contributed by atoms with van der Waals surface area (Å²) in [5, 5.41) is 0. The number of hydrogen-bond donors (Lipinski definition) is 0. The normalized spacial score (nSPS) is 17.1. The van der Waals surface area contributed by atoms with Gasteiger partial charge in [-0.05, 0) is 90.7 Å². The Morgan fingerprint density at radius 3 is 2.36 bits per heavy atom. The lowest BCUT2D eigenvalue weighted by Gasteiger charge is -2.34. The minimum Gasteiger partial charge on any atom is -0.393 e. The number of aromatic nitrogens is 1. The molecule has 2 aliphatic rings. The molecule has 2 aliphatic heterocycles. The molecule has 0 amide bonds. The molecule has 0 spiro atoms. The van der Waals surface area contributed by atoms with Crippen LogP contribution in [0.4, 0.5) is 8.63 Å². The Bertz CT molecular complexity index is 1240. The van der Waals surface area contributed by atoms with Crippen LogP contribution in [-0.4, -0.2) is 34.9 Å². The molecular formula is C26H30BF2IN2O. The van der Waals surface area contributed by atoms with E-state index in [0.717, 1.165) is 37.0 Å². The molecule has 3 heterocycles. The number of rotatable bonds is 7. The molecule has 0 N–H and O–H groups in total. The van der Waals surface area contributed by atoms with Gasteiger partial charge in [0.2, 0.25) is 0 Å². The first kappa shape index (κ1) is 24.1. The van der Waals surface area contributed by atoms with Crippen LogP contribution >= 0.6 is 22.6 Å². The van der Waals surface area contributed by atoms with Gasteiger partial charge in [0.25, 0.3) is 0 Å². The van der Waals surface area contributed by atoms with Crippen LogP contribution in [0, 0.1) is 17.4 Å². The van der Waals surface area contributed by atoms with Crippen LogP contribution in [0.2, 0.25) is 0 Å². The Hall–Kier alpha value is -2.00. The molecule has 3 nitrogen and oxygen atoms in total. The first-order valence-corrected chi connectivity index (χ1v) is 12.6. The van der Waals surface area contributed by atoms with Gasteiger partial charge in [0.05, 0.1) is 12.2 Å². The van der Waals surface area contributed by atoms with Crippen LogP contribution in [0.5, 0.6) is 0 Å². The standard InChI is InChI=1S/C26H30BF2IN2O/c1-7-14-33-15-23-22(9-3)17(5)26-24(19-10-12-20(30)13-11-19)25-16(4)21(8-2)18(6)31(25)27(28,29)32(23)26/h7,10-13H,1,8-9,14-15H2,2-6H3. The van der Waals surface area contributed by atoms with Crippen LogP contribution in [0.15, 0.2) is 53.8 Å². The number of allylic oxidation sites excluding steroid dienone is 1. The van der Waals surface area contributed by atoms with Crippen molar-refractivity contribution >= 4 is 40.8 Å². The van der Waals surface area contributed by atoms with Gasteiger partial charge < -0.3 is 22.3 Å². The summed E-state index contributed by atoms with van der Waals surface area (Å²) >= 11 is 2.27. The molecule has 1 aromatic heterocycles. The summed E-state index contributed by atoms with van der Waals surface area (Å²) in [6.07, 6.45) is 3.03. The van der Waals surface area contributed by atoms with E-state index in [2.05, 4.69) is 29.2 Å². The number of hydrogen-bond acceptors (Lipinski definition) is 1. The zero-order valence-electron chi connectivity index (χ0n) is 19.9. The van der Waals surface area contributed by atoms with Gasteiger partial charge in [0.1, 0.15) is 6.61 Å². The van der Waals surface area contributed by atoms with Crippen molar-refractivity contribution in [1.82, 2.24) is 4.48 Å². The van der Waals surface area contributed by atoms with E-state index < -0.39 is 6.97 Å². The Morgan fingerprint density at radius 2 is 1.79 bits per heavy atom. The molecule has 0 aliphatic carbocycles. The third-order valence-electron chi connectivity index (χ3n) is 6.94. The molecule has 0 unspecified atom stereocenters. The Kier molecular flexibility index (Phi) is 6.57. The lowest BCUT2D eigenvalue weighted by atomic mass is 9.83. The quantitative estimate of drug-likeness (QED) is 0.160. The lowest BCUT2D eigenvalue weighted by molar-refractivity contribution is -0.365. The van der Waals surface area contributed by atoms with Crippen LogP contribution in [0.3, 0.4) is 0 Å². The molecule has 7 heteroatoms. The maximum absolute atomic E-state index is 16.5. The second kappa shape index (κ2) is 8.98. The van der Waals surface area contributed by atoms with Crippen molar-refractivity contribution in [3.63, 3.8) is 0 Å². The van der Waals surface area contributed by atoms with E-state index in [-0.39, 0.29) is 6.61 Å². The predicted molar refractivity (Wildman–Crippen MR) is 141 cm³/mol. The molecule has 0 radical (unpaired) electrons. The predicted octanol–water partition coefficient (Wildman–Crippen LogP) is 6.66. The molecule has 0 atom stereocenters.